The molecule has 0 aliphatic rings. The van der Waals surface area contributed by atoms with Crippen LogP contribution in [0.3, 0.4) is 0 Å². The Balaban J connectivity index is 2.31. The second-order valence-electron chi connectivity index (χ2n) is 4.03. The standard InChI is InChI=1S/C14H10F4O/c1-9-8-11(10-2-5-12(15)6-3-10)4-7-13(9)19-14(16,17)18/h2-8H,1H3. The summed E-state index contributed by atoms with van der Waals surface area (Å²) in [7, 11) is 0. The van der Waals surface area contributed by atoms with Crippen LogP contribution < -0.4 is 4.74 Å². The summed E-state index contributed by atoms with van der Waals surface area (Å²) < 4.78 is 53.0. The summed E-state index contributed by atoms with van der Waals surface area (Å²) in [5.41, 5.74) is 1.79. The molecule has 0 fully saturated rings. The van der Waals surface area contributed by atoms with E-state index in [1.54, 1.807) is 18.2 Å². The molecule has 0 aliphatic heterocycles. The van der Waals surface area contributed by atoms with Crippen LogP contribution in [0.1, 0.15) is 5.56 Å². The van der Waals surface area contributed by atoms with Crippen molar-refractivity contribution in [1.29, 1.82) is 0 Å². The van der Waals surface area contributed by atoms with Crippen LogP contribution in [0.2, 0.25) is 0 Å². The van der Waals surface area contributed by atoms with E-state index in [1.807, 2.05) is 0 Å². The summed E-state index contributed by atoms with van der Waals surface area (Å²) >= 11 is 0. The molecule has 1 nitrogen and oxygen atoms in total. The minimum atomic E-state index is -4.71. The van der Waals surface area contributed by atoms with Crippen LogP contribution in [-0.4, -0.2) is 6.36 Å². The number of benzene rings is 2. The van der Waals surface area contributed by atoms with Gasteiger partial charge in [-0.3, -0.25) is 0 Å². The van der Waals surface area contributed by atoms with Crippen molar-refractivity contribution in [2.45, 2.75) is 13.3 Å². The summed E-state index contributed by atoms with van der Waals surface area (Å²) in [6, 6.07) is 10.0. The van der Waals surface area contributed by atoms with Crippen LogP contribution in [-0.2, 0) is 0 Å². The molecule has 100 valence electrons. The second kappa shape index (κ2) is 4.91. The fraction of sp³-hybridized carbons (Fsp3) is 0.143. The highest BCUT2D eigenvalue weighted by Gasteiger charge is 2.31. The van der Waals surface area contributed by atoms with Crippen LogP contribution >= 0.6 is 0 Å². The maximum Gasteiger partial charge on any atom is 0.573 e. The Hall–Kier alpha value is -2.04. The number of aryl methyl sites for hydroxylation is 1. The number of alkyl halides is 3. The average molecular weight is 270 g/mol. The van der Waals surface area contributed by atoms with Crippen LogP contribution in [0, 0.1) is 12.7 Å². The topological polar surface area (TPSA) is 9.23 Å². The van der Waals surface area contributed by atoms with Crippen molar-refractivity contribution < 1.29 is 22.3 Å². The summed E-state index contributed by atoms with van der Waals surface area (Å²) in [5, 5.41) is 0. The van der Waals surface area contributed by atoms with Gasteiger partial charge in [-0.2, -0.15) is 0 Å². The Bertz CT molecular complexity index is 573. The van der Waals surface area contributed by atoms with Gasteiger partial charge in [0.15, 0.2) is 0 Å². The van der Waals surface area contributed by atoms with E-state index >= 15 is 0 Å². The molecule has 0 saturated carbocycles. The zero-order chi connectivity index (χ0) is 14.0. The molecule has 0 aliphatic carbocycles. The Morgan fingerprint density at radius 2 is 1.47 bits per heavy atom. The first kappa shape index (κ1) is 13.4. The molecule has 0 atom stereocenters. The molecule has 5 heteroatoms. The Kier molecular flexibility index (Phi) is 3.46. The van der Waals surface area contributed by atoms with Crippen LogP contribution in [0.15, 0.2) is 42.5 Å². The van der Waals surface area contributed by atoms with Gasteiger partial charge in [-0.05, 0) is 47.9 Å². The minimum absolute atomic E-state index is 0.238. The van der Waals surface area contributed by atoms with Crippen molar-refractivity contribution in [1.82, 2.24) is 0 Å². The lowest BCUT2D eigenvalue weighted by atomic mass is 10.0. The Morgan fingerprint density at radius 1 is 0.895 bits per heavy atom. The first-order valence-corrected chi connectivity index (χ1v) is 5.47. The van der Waals surface area contributed by atoms with Gasteiger partial charge in [-0.1, -0.05) is 18.2 Å². The maximum absolute atomic E-state index is 12.8. The van der Waals surface area contributed by atoms with E-state index in [4.69, 9.17) is 0 Å². The quantitative estimate of drug-likeness (QED) is 0.719. The van der Waals surface area contributed by atoms with Gasteiger partial charge >= 0.3 is 6.36 Å². The van der Waals surface area contributed by atoms with Crippen molar-refractivity contribution in [3.63, 3.8) is 0 Å². The SMILES string of the molecule is Cc1cc(-c2ccc(F)cc2)ccc1OC(F)(F)F. The zero-order valence-electron chi connectivity index (χ0n) is 9.96. The van der Waals surface area contributed by atoms with E-state index in [0.717, 1.165) is 5.56 Å². The average Bonchev–Trinajstić information content (AvgIpc) is 2.31. The van der Waals surface area contributed by atoms with E-state index in [2.05, 4.69) is 4.74 Å². The van der Waals surface area contributed by atoms with E-state index in [0.29, 0.717) is 11.1 Å². The fourth-order valence-corrected chi connectivity index (χ4v) is 1.71. The predicted octanol–water partition coefficient (Wildman–Crippen LogP) is 4.70. The van der Waals surface area contributed by atoms with Crippen LogP contribution in [0.5, 0.6) is 5.75 Å². The van der Waals surface area contributed by atoms with Crippen molar-refractivity contribution in [2.75, 3.05) is 0 Å². The highest BCUT2D eigenvalue weighted by Crippen LogP contribution is 2.30. The van der Waals surface area contributed by atoms with Gasteiger partial charge in [-0.15, -0.1) is 13.2 Å². The van der Waals surface area contributed by atoms with Gasteiger partial charge < -0.3 is 4.74 Å². The normalized spacial score (nSPS) is 11.4. The van der Waals surface area contributed by atoms with Crippen LogP contribution in [0.4, 0.5) is 17.6 Å². The largest absolute Gasteiger partial charge is 0.573 e. The molecule has 0 unspecified atom stereocenters. The molecule has 0 saturated heterocycles. The first-order chi connectivity index (χ1) is 8.85. The highest BCUT2D eigenvalue weighted by atomic mass is 19.4. The van der Waals surface area contributed by atoms with Crippen molar-refractivity contribution in [3.05, 3.63) is 53.8 Å². The Morgan fingerprint density at radius 3 is 2.00 bits per heavy atom. The van der Waals surface area contributed by atoms with Crippen molar-refractivity contribution in [3.8, 4) is 16.9 Å². The van der Waals surface area contributed by atoms with Crippen molar-refractivity contribution in [2.24, 2.45) is 0 Å². The smallest absolute Gasteiger partial charge is 0.406 e. The van der Waals surface area contributed by atoms with Gasteiger partial charge in [-0.25, -0.2) is 4.39 Å². The van der Waals surface area contributed by atoms with E-state index < -0.39 is 6.36 Å². The molecule has 0 aromatic heterocycles. The number of ether oxygens (including phenoxy) is 1. The molecule has 0 bridgehead atoms. The third-order valence-electron chi connectivity index (χ3n) is 2.58. The van der Waals surface area contributed by atoms with Crippen molar-refractivity contribution >= 4 is 0 Å². The maximum atomic E-state index is 12.8. The summed E-state index contributed by atoms with van der Waals surface area (Å²) in [5.74, 6) is -0.601. The summed E-state index contributed by atoms with van der Waals surface area (Å²) in [6.45, 7) is 1.52. The van der Waals surface area contributed by atoms with Gasteiger partial charge in [0, 0.05) is 0 Å². The molecule has 0 N–H and O–H groups in total. The third-order valence-corrected chi connectivity index (χ3v) is 2.58. The Labute approximate surface area is 107 Å². The van der Waals surface area contributed by atoms with Crippen LogP contribution in [0.25, 0.3) is 11.1 Å². The number of hydrogen-bond acceptors (Lipinski definition) is 1. The lowest BCUT2D eigenvalue weighted by Crippen LogP contribution is -2.17. The lowest BCUT2D eigenvalue weighted by Gasteiger charge is -2.12. The molecule has 0 heterocycles. The first-order valence-electron chi connectivity index (χ1n) is 5.47. The summed E-state index contributed by atoms with van der Waals surface area (Å²) in [4.78, 5) is 0. The van der Waals surface area contributed by atoms with E-state index in [1.165, 1.54) is 31.2 Å². The zero-order valence-corrected chi connectivity index (χ0v) is 9.96. The minimum Gasteiger partial charge on any atom is -0.406 e. The third kappa shape index (κ3) is 3.47. The van der Waals surface area contributed by atoms with Gasteiger partial charge in [0.25, 0.3) is 0 Å². The highest BCUT2D eigenvalue weighted by molar-refractivity contribution is 5.65. The fourth-order valence-electron chi connectivity index (χ4n) is 1.71. The second-order valence-corrected chi connectivity index (χ2v) is 4.03. The molecule has 2 aromatic carbocycles. The van der Waals surface area contributed by atoms with Gasteiger partial charge in [0.2, 0.25) is 0 Å². The lowest BCUT2D eigenvalue weighted by molar-refractivity contribution is -0.274. The molecular formula is C14H10F4O. The predicted molar refractivity (Wildman–Crippen MR) is 63.3 cm³/mol. The summed E-state index contributed by atoms with van der Waals surface area (Å²) in [6.07, 6.45) is -4.71. The number of hydrogen-bond donors (Lipinski definition) is 0. The molecular weight excluding hydrogens is 260 g/mol. The number of halogens is 4. The van der Waals surface area contributed by atoms with E-state index in [-0.39, 0.29) is 11.6 Å². The molecule has 2 aromatic rings. The monoisotopic (exact) mass is 270 g/mol. The van der Waals surface area contributed by atoms with Gasteiger partial charge in [0.05, 0.1) is 0 Å². The van der Waals surface area contributed by atoms with E-state index in [9.17, 15) is 17.6 Å². The van der Waals surface area contributed by atoms with Gasteiger partial charge in [0.1, 0.15) is 11.6 Å². The molecule has 0 amide bonds. The molecule has 0 radical (unpaired) electrons. The number of rotatable bonds is 2. The molecule has 2 rings (SSSR count). The molecule has 0 spiro atoms. The molecule has 19 heavy (non-hydrogen) atoms.